The summed E-state index contributed by atoms with van der Waals surface area (Å²) in [5.41, 5.74) is 1.84. The van der Waals surface area contributed by atoms with Gasteiger partial charge in [-0.25, -0.2) is 4.98 Å². The van der Waals surface area contributed by atoms with Crippen LogP contribution in [0, 0.1) is 6.92 Å². The van der Waals surface area contributed by atoms with Gasteiger partial charge in [-0.1, -0.05) is 55.8 Å². The first-order chi connectivity index (χ1) is 15.9. The van der Waals surface area contributed by atoms with E-state index >= 15 is 0 Å². The van der Waals surface area contributed by atoms with Crippen LogP contribution in [0.5, 0.6) is 0 Å². The van der Waals surface area contributed by atoms with E-state index in [1.54, 1.807) is 12.3 Å². The Hall–Kier alpha value is -2.62. The van der Waals surface area contributed by atoms with E-state index in [1.165, 1.54) is 11.3 Å². The minimum atomic E-state index is -0.0274. The van der Waals surface area contributed by atoms with Crippen LogP contribution in [0.1, 0.15) is 47.4 Å². The van der Waals surface area contributed by atoms with Crippen LogP contribution in [0.15, 0.2) is 24.4 Å². The lowest BCUT2D eigenvalue weighted by Crippen LogP contribution is -2.29. The highest BCUT2D eigenvalue weighted by atomic mass is 35.5. The fourth-order valence-corrected chi connectivity index (χ4v) is 4.31. The molecule has 3 aromatic rings. The molecular weight excluding hydrogens is 458 g/mol. The van der Waals surface area contributed by atoms with Crippen molar-refractivity contribution in [3.05, 3.63) is 51.2 Å². The van der Waals surface area contributed by atoms with Crippen LogP contribution >= 0.6 is 22.9 Å². The molecule has 33 heavy (non-hydrogen) atoms. The third-order valence-electron chi connectivity index (χ3n) is 5.29. The molecule has 176 valence electrons. The Morgan fingerprint density at radius 2 is 1.88 bits per heavy atom. The minimum Gasteiger partial charge on any atom is -0.353 e. The van der Waals surface area contributed by atoms with Gasteiger partial charge < -0.3 is 10.2 Å². The zero-order chi connectivity index (χ0) is 23.8. The van der Waals surface area contributed by atoms with Gasteiger partial charge in [-0.15, -0.1) is 0 Å². The van der Waals surface area contributed by atoms with Crippen molar-refractivity contribution in [2.75, 3.05) is 36.8 Å². The maximum Gasteiger partial charge on any atom is 0.234 e. The van der Waals surface area contributed by atoms with Crippen molar-refractivity contribution in [3.63, 3.8) is 0 Å². The Bertz CT molecular complexity index is 1060. The topological polar surface area (TPSA) is 95.9 Å². The number of ketones is 1. The number of aryl methyl sites for hydroxylation is 2. The van der Waals surface area contributed by atoms with Crippen molar-refractivity contribution in [3.8, 4) is 0 Å². The molecule has 0 unspecified atom stereocenters. The number of carbonyl (C=O) groups is 1. The molecule has 0 bridgehead atoms. The maximum absolute atomic E-state index is 12.8. The lowest BCUT2D eigenvalue weighted by Gasteiger charge is -2.18. The molecule has 0 atom stereocenters. The van der Waals surface area contributed by atoms with E-state index in [1.807, 2.05) is 26.0 Å². The Morgan fingerprint density at radius 1 is 1.12 bits per heavy atom. The van der Waals surface area contributed by atoms with Gasteiger partial charge in [0, 0.05) is 31.0 Å². The number of likely N-dealkylation sites (N-methyl/N-ethyl adjacent to an activating group) is 1. The zero-order valence-corrected chi connectivity index (χ0v) is 21.1. The van der Waals surface area contributed by atoms with Crippen LogP contribution in [-0.2, 0) is 12.8 Å². The quantitative estimate of drug-likeness (QED) is 0.352. The number of hydrogen-bond acceptors (Lipinski definition) is 9. The normalized spacial score (nSPS) is 11.1. The number of nitrogens with one attached hydrogen (secondary N) is 2. The van der Waals surface area contributed by atoms with E-state index in [0.29, 0.717) is 39.2 Å². The van der Waals surface area contributed by atoms with Crippen LogP contribution < -0.4 is 10.6 Å². The monoisotopic (exact) mass is 487 g/mol. The van der Waals surface area contributed by atoms with Crippen LogP contribution in [0.2, 0.25) is 5.02 Å². The molecule has 0 aliphatic rings. The molecule has 0 radical (unpaired) electrons. The van der Waals surface area contributed by atoms with E-state index in [9.17, 15) is 4.79 Å². The summed E-state index contributed by atoms with van der Waals surface area (Å²) in [5, 5.41) is 7.55. The number of benzene rings is 1. The summed E-state index contributed by atoms with van der Waals surface area (Å²) in [6.07, 6.45) is 2.49. The van der Waals surface area contributed by atoms with Crippen molar-refractivity contribution in [2.24, 2.45) is 0 Å². The van der Waals surface area contributed by atoms with Crippen molar-refractivity contribution < 1.29 is 4.79 Å². The minimum absolute atomic E-state index is 0.0274. The standard InChI is InChI=1S/C23H30ClN7OS/c1-5-20-27-21(25-11-12-31(6-2)7-3)29-22(28-20)30-23-26-14-19(33-23)18(32)13-16-15(4)9-8-10-17(16)24/h8-10,14H,5-7,11-13H2,1-4H3,(H2,25,26,27,28,29,30). The predicted molar refractivity (Wildman–Crippen MR) is 135 cm³/mol. The van der Waals surface area contributed by atoms with Gasteiger partial charge in [0.05, 0.1) is 11.1 Å². The van der Waals surface area contributed by atoms with Crippen molar-refractivity contribution in [1.29, 1.82) is 0 Å². The first-order valence-corrected chi connectivity index (χ1v) is 12.3. The van der Waals surface area contributed by atoms with Crippen LogP contribution in [0.3, 0.4) is 0 Å². The molecule has 0 amide bonds. The summed E-state index contributed by atoms with van der Waals surface area (Å²) in [5.74, 6) is 1.58. The maximum atomic E-state index is 12.8. The summed E-state index contributed by atoms with van der Waals surface area (Å²) < 4.78 is 0. The number of rotatable bonds is 12. The highest BCUT2D eigenvalue weighted by Crippen LogP contribution is 2.25. The molecule has 0 spiro atoms. The van der Waals surface area contributed by atoms with Gasteiger partial charge in [0.25, 0.3) is 0 Å². The number of carbonyl (C=O) groups excluding carboxylic acids is 1. The Labute approximate surface area is 203 Å². The number of nitrogens with zero attached hydrogens (tertiary/aromatic N) is 5. The summed E-state index contributed by atoms with van der Waals surface area (Å²) in [4.78, 5) is 33.4. The Balaban J connectivity index is 1.67. The predicted octanol–water partition coefficient (Wildman–Crippen LogP) is 4.78. The second kappa shape index (κ2) is 12.0. The molecule has 2 heterocycles. The second-order valence-electron chi connectivity index (χ2n) is 7.50. The summed E-state index contributed by atoms with van der Waals surface area (Å²) in [6.45, 7) is 11.9. The number of thiazole rings is 1. The van der Waals surface area contributed by atoms with Gasteiger partial charge in [0.2, 0.25) is 11.9 Å². The van der Waals surface area contributed by atoms with Crippen LogP contribution in [0.25, 0.3) is 0 Å². The van der Waals surface area contributed by atoms with E-state index in [0.717, 1.165) is 37.3 Å². The van der Waals surface area contributed by atoms with Crippen molar-refractivity contribution >= 4 is 45.7 Å². The number of Topliss-reactive ketones (excluding diaryl/α,β-unsaturated/α-hetero) is 1. The highest BCUT2D eigenvalue weighted by molar-refractivity contribution is 7.17. The average Bonchev–Trinajstić information content (AvgIpc) is 3.27. The van der Waals surface area contributed by atoms with Crippen LogP contribution in [-0.4, -0.2) is 56.8 Å². The molecule has 2 N–H and O–H groups in total. The van der Waals surface area contributed by atoms with Gasteiger partial charge in [-0.3, -0.25) is 10.1 Å². The summed E-state index contributed by atoms with van der Waals surface area (Å²) in [6, 6.07) is 5.64. The second-order valence-corrected chi connectivity index (χ2v) is 8.93. The van der Waals surface area contributed by atoms with E-state index in [-0.39, 0.29) is 12.2 Å². The fraction of sp³-hybridized carbons (Fsp3) is 0.435. The van der Waals surface area contributed by atoms with Crippen molar-refractivity contribution in [2.45, 2.75) is 40.5 Å². The molecule has 3 rings (SSSR count). The molecule has 0 saturated heterocycles. The highest BCUT2D eigenvalue weighted by Gasteiger charge is 2.16. The third kappa shape index (κ3) is 6.93. The lowest BCUT2D eigenvalue weighted by molar-refractivity contribution is 0.0996. The molecule has 10 heteroatoms. The fourth-order valence-electron chi connectivity index (χ4n) is 3.27. The molecule has 2 aromatic heterocycles. The number of halogens is 1. The van der Waals surface area contributed by atoms with Gasteiger partial charge in [-0.05, 0) is 37.2 Å². The number of hydrogen-bond donors (Lipinski definition) is 2. The SMILES string of the molecule is CCc1nc(NCCN(CC)CC)nc(Nc2ncc(C(=O)Cc3c(C)cccc3Cl)s2)n1. The van der Waals surface area contributed by atoms with Crippen molar-refractivity contribution in [1.82, 2.24) is 24.8 Å². The summed E-state index contributed by atoms with van der Waals surface area (Å²) >= 11 is 7.55. The molecule has 8 nitrogen and oxygen atoms in total. The average molecular weight is 488 g/mol. The van der Waals surface area contributed by atoms with E-state index in [4.69, 9.17) is 11.6 Å². The first kappa shape index (κ1) is 25.0. The van der Waals surface area contributed by atoms with Crippen LogP contribution in [0.4, 0.5) is 17.0 Å². The summed E-state index contributed by atoms with van der Waals surface area (Å²) in [7, 11) is 0. The molecule has 1 aromatic carbocycles. The van der Waals surface area contributed by atoms with E-state index in [2.05, 4.69) is 49.3 Å². The Kier molecular flexibility index (Phi) is 9.11. The van der Waals surface area contributed by atoms with Gasteiger partial charge in [0.1, 0.15) is 5.82 Å². The van der Waals surface area contributed by atoms with Gasteiger partial charge in [-0.2, -0.15) is 15.0 Å². The largest absolute Gasteiger partial charge is 0.353 e. The lowest BCUT2D eigenvalue weighted by atomic mass is 10.0. The van der Waals surface area contributed by atoms with E-state index < -0.39 is 0 Å². The zero-order valence-electron chi connectivity index (χ0n) is 19.5. The molecule has 0 aliphatic heterocycles. The smallest absolute Gasteiger partial charge is 0.234 e. The van der Waals surface area contributed by atoms with Gasteiger partial charge in [0.15, 0.2) is 10.9 Å². The molecule has 0 fully saturated rings. The molecular formula is C23H30ClN7OS. The third-order valence-corrected chi connectivity index (χ3v) is 6.60. The molecule has 0 saturated carbocycles. The number of aromatic nitrogens is 4. The van der Waals surface area contributed by atoms with Gasteiger partial charge >= 0.3 is 0 Å². The Morgan fingerprint density at radius 3 is 2.58 bits per heavy atom. The first-order valence-electron chi connectivity index (χ1n) is 11.1. The number of anilines is 3. The molecule has 0 aliphatic carbocycles.